The second kappa shape index (κ2) is 15.7. The second-order valence-corrected chi connectivity index (χ2v) is 11.7. The van der Waals surface area contributed by atoms with Gasteiger partial charge in [-0.15, -0.1) is 0 Å². The fraction of sp³-hybridized carbons (Fsp3) is 0.474. The van der Waals surface area contributed by atoms with Gasteiger partial charge in [-0.1, -0.05) is 125 Å². The van der Waals surface area contributed by atoms with Crippen LogP contribution >= 0.6 is 0 Å². The van der Waals surface area contributed by atoms with E-state index >= 15 is 4.39 Å². The largest absolute Gasteiger partial charge is 0.206 e. The molecule has 0 unspecified atom stereocenters. The first-order chi connectivity index (χ1) is 19.2. The summed E-state index contributed by atoms with van der Waals surface area (Å²) < 4.78 is 15.4. The van der Waals surface area contributed by atoms with Gasteiger partial charge in [-0.3, -0.25) is 0 Å². The molecule has 0 radical (unpaired) electrons. The quantitative estimate of drug-likeness (QED) is 0.126. The van der Waals surface area contributed by atoms with Gasteiger partial charge < -0.3 is 0 Å². The molecule has 0 aliphatic heterocycles. The van der Waals surface area contributed by atoms with Crippen LogP contribution in [0.4, 0.5) is 4.39 Å². The number of fused-ring (bicyclic) bond motifs is 1. The average Bonchev–Trinajstić information content (AvgIpc) is 2.97. The zero-order valence-electron chi connectivity index (χ0n) is 24.3. The SMILES string of the molecule is C/C=C/CCc1ccc(C#Cc2ccc3c(F)c(CCC4CCC(CCCCCCC)CC4)ccc3c2)cc1. The molecule has 3 aromatic carbocycles. The van der Waals surface area contributed by atoms with E-state index in [1.165, 1.54) is 69.8 Å². The van der Waals surface area contributed by atoms with E-state index in [4.69, 9.17) is 0 Å². The van der Waals surface area contributed by atoms with Crippen LogP contribution in [0.1, 0.15) is 113 Å². The molecule has 1 aliphatic rings. The minimum atomic E-state index is -0.0405. The Bertz CT molecular complexity index is 1250. The predicted molar refractivity (Wildman–Crippen MR) is 167 cm³/mol. The number of hydrogen-bond donors (Lipinski definition) is 0. The molecule has 0 aromatic heterocycles. The van der Waals surface area contributed by atoms with E-state index in [1.54, 1.807) is 0 Å². The maximum atomic E-state index is 15.4. The number of hydrogen-bond acceptors (Lipinski definition) is 0. The fourth-order valence-corrected chi connectivity index (χ4v) is 6.13. The van der Waals surface area contributed by atoms with E-state index in [2.05, 4.69) is 68.2 Å². The Morgan fingerprint density at radius 3 is 2.21 bits per heavy atom. The molecule has 0 nitrogen and oxygen atoms in total. The van der Waals surface area contributed by atoms with Crippen LogP contribution in [-0.2, 0) is 12.8 Å². The molecule has 0 saturated heterocycles. The van der Waals surface area contributed by atoms with Crippen molar-refractivity contribution in [2.24, 2.45) is 11.8 Å². The highest BCUT2D eigenvalue weighted by Crippen LogP contribution is 2.35. The van der Waals surface area contributed by atoms with Crippen molar-refractivity contribution in [1.29, 1.82) is 0 Å². The van der Waals surface area contributed by atoms with E-state index in [0.29, 0.717) is 0 Å². The van der Waals surface area contributed by atoms with Gasteiger partial charge in [0.05, 0.1) is 0 Å². The van der Waals surface area contributed by atoms with Crippen molar-refractivity contribution in [3.05, 3.63) is 94.8 Å². The molecule has 0 N–H and O–H groups in total. The first kappa shape index (κ1) is 29.1. The summed E-state index contributed by atoms with van der Waals surface area (Å²) in [5.41, 5.74) is 4.13. The number of rotatable bonds is 12. The van der Waals surface area contributed by atoms with E-state index in [1.807, 2.05) is 24.3 Å². The van der Waals surface area contributed by atoms with Gasteiger partial charge in [-0.2, -0.15) is 0 Å². The van der Waals surface area contributed by atoms with E-state index in [-0.39, 0.29) is 5.82 Å². The lowest BCUT2D eigenvalue weighted by Gasteiger charge is -2.28. The van der Waals surface area contributed by atoms with Crippen molar-refractivity contribution in [3.63, 3.8) is 0 Å². The predicted octanol–water partition coefficient (Wildman–Crippen LogP) is 11.0. The van der Waals surface area contributed by atoms with Crippen molar-refractivity contribution in [2.75, 3.05) is 0 Å². The Morgan fingerprint density at radius 1 is 0.769 bits per heavy atom. The van der Waals surface area contributed by atoms with Crippen LogP contribution in [0.3, 0.4) is 0 Å². The average molecular weight is 523 g/mol. The van der Waals surface area contributed by atoms with Crippen molar-refractivity contribution in [1.82, 2.24) is 0 Å². The van der Waals surface area contributed by atoms with Crippen LogP contribution in [-0.4, -0.2) is 0 Å². The van der Waals surface area contributed by atoms with Gasteiger partial charge in [0.15, 0.2) is 0 Å². The maximum Gasteiger partial charge on any atom is 0.134 e. The molecule has 0 spiro atoms. The van der Waals surface area contributed by atoms with Crippen LogP contribution in [0.25, 0.3) is 10.8 Å². The topological polar surface area (TPSA) is 0 Å². The zero-order chi connectivity index (χ0) is 27.3. The molecular weight excluding hydrogens is 475 g/mol. The molecule has 0 bridgehead atoms. The molecule has 39 heavy (non-hydrogen) atoms. The summed E-state index contributed by atoms with van der Waals surface area (Å²) in [5, 5.41) is 1.65. The minimum Gasteiger partial charge on any atom is -0.206 e. The van der Waals surface area contributed by atoms with Crippen molar-refractivity contribution in [2.45, 2.75) is 104 Å². The summed E-state index contributed by atoms with van der Waals surface area (Å²) in [6, 6.07) is 18.5. The van der Waals surface area contributed by atoms with Gasteiger partial charge in [0, 0.05) is 16.5 Å². The Kier molecular flexibility index (Phi) is 11.7. The van der Waals surface area contributed by atoms with E-state index < -0.39 is 0 Å². The summed E-state index contributed by atoms with van der Waals surface area (Å²) in [6.45, 7) is 4.34. The molecular formula is C38H47F. The van der Waals surface area contributed by atoms with Crippen LogP contribution in [0.2, 0.25) is 0 Å². The van der Waals surface area contributed by atoms with Crippen LogP contribution < -0.4 is 0 Å². The molecule has 1 saturated carbocycles. The van der Waals surface area contributed by atoms with Gasteiger partial charge in [-0.05, 0) is 85.2 Å². The third-order valence-electron chi connectivity index (χ3n) is 8.68. The summed E-state index contributed by atoms with van der Waals surface area (Å²) >= 11 is 0. The van der Waals surface area contributed by atoms with Crippen LogP contribution in [0.5, 0.6) is 0 Å². The number of unbranched alkanes of at least 4 members (excludes halogenated alkanes) is 4. The molecule has 1 aliphatic carbocycles. The summed E-state index contributed by atoms with van der Waals surface area (Å²) in [7, 11) is 0. The van der Waals surface area contributed by atoms with Crippen LogP contribution in [0, 0.1) is 29.5 Å². The molecule has 3 aromatic rings. The standard InChI is InChI=1S/C38H47F/c1-3-5-7-8-10-12-31-15-19-33(20-16-31)23-25-35-26-27-36-29-34(24-28-37(36)38(35)39)22-21-32-17-13-30(14-18-32)11-9-6-4-2/h4,6,13-14,17-18,24,26-29,31,33H,3,5,7-12,15-16,19-20,23,25H2,1-2H3/b6-4+. The maximum absolute atomic E-state index is 15.4. The second-order valence-electron chi connectivity index (χ2n) is 11.7. The molecule has 1 fully saturated rings. The summed E-state index contributed by atoms with van der Waals surface area (Å²) in [4.78, 5) is 0. The number of halogens is 1. The fourth-order valence-electron chi connectivity index (χ4n) is 6.13. The van der Waals surface area contributed by atoms with Crippen molar-refractivity contribution in [3.8, 4) is 11.8 Å². The third-order valence-corrected chi connectivity index (χ3v) is 8.68. The molecule has 4 rings (SSSR count). The monoisotopic (exact) mass is 522 g/mol. The Hall–Kier alpha value is -2.85. The number of allylic oxidation sites excluding steroid dienone is 2. The third kappa shape index (κ3) is 9.10. The minimum absolute atomic E-state index is 0.0405. The highest BCUT2D eigenvalue weighted by molar-refractivity contribution is 5.85. The lowest BCUT2D eigenvalue weighted by atomic mass is 9.77. The van der Waals surface area contributed by atoms with E-state index in [9.17, 15) is 0 Å². The van der Waals surface area contributed by atoms with Crippen molar-refractivity contribution < 1.29 is 4.39 Å². The summed E-state index contributed by atoms with van der Waals surface area (Å²) in [6.07, 6.45) is 22.2. The smallest absolute Gasteiger partial charge is 0.134 e. The molecule has 0 heterocycles. The highest BCUT2D eigenvalue weighted by atomic mass is 19.1. The summed E-state index contributed by atoms with van der Waals surface area (Å²) in [5.74, 6) is 8.19. The van der Waals surface area contributed by atoms with Gasteiger partial charge >= 0.3 is 0 Å². The Morgan fingerprint density at radius 2 is 1.46 bits per heavy atom. The van der Waals surface area contributed by atoms with Crippen LogP contribution in [0.15, 0.2) is 66.7 Å². The van der Waals surface area contributed by atoms with E-state index in [0.717, 1.165) is 65.0 Å². The Labute approximate surface area is 237 Å². The first-order valence-electron chi connectivity index (χ1n) is 15.6. The molecule has 0 atom stereocenters. The molecule has 1 heteroatoms. The molecule has 206 valence electrons. The van der Waals surface area contributed by atoms with Gasteiger partial charge in [-0.25, -0.2) is 4.39 Å². The lowest BCUT2D eigenvalue weighted by molar-refractivity contribution is 0.248. The van der Waals surface area contributed by atoms with Gasteiger partial charge in [0.2, 0.25) is 0 Å². The lowest BCUT2D eigenvalue weighted by Crippen LogP contribution is -2.15. The highest BCUT2D eigenvalue weighted by Gasteiger charge is 2.21. The normalized spacial score (nSPS) is 17.4. The number of benzene rings is 3. The van der Waals surface area contributed by atoms with Crippen molar-refractivity contribution >= 4 is 10.8 Å². The first-order valence-corrected chi connectivity index (χ1v) is 15.6. The number of aryl methyl sites for hydroxylation is 2. The van der Waals surface area contributed by atoms with Gasteiger partial charge in [0.1, 0.15) is 5.82 Å². The van der Waals surface area contributed by atoms with Gasteiger partial charge in [0.25, 0.3) is 0 Å². The molecule has 0 amide bonds. The zero-order valence-corrected chi connectivity index (χ0v) is 24.3. The Balaban J connectivity index is 1.28.